The molecular formula is C18H17BN+. The van der Waals surface area contributed by atoms with Crippen molar-refractivity contribution in [3.63, 3.8) is 0 Å². The highest BCUT2D eigenvalue weighted by Gasteiger charge is 2.32. The van der Waals surface area contributed by atoms with Crippen LogP contribution in [0.25, 0.3) is 0 Å². The van der Waals surface area contributed by atoms with Gasteiger partial charge in [0.2, 0.25) is 0 Å². The molecular weight excluding hydrogens is 241 g/mol. The maximum atomic E-state index is 2.26. The summed E-state index contributed by atoms with van der Waals surface area (Å²) in [5.41, 5.74) is 3.88. The molecule has 0 spiro atoms. The molecule has 1 aromatic heterocycles. The van der Waals surface area contributed by atoms with Gasteiger partial charge in [0.05, 0.1) is 0 Å². The highest BCUT2D eigenvalue weighted by molar-refractivity contribution is 6.78. The molecule has 0 unspecified atom stereocenters. The van der Waals surface area contributed by atoms with Gasteiger partial charge in [-0.25, -0.2) is 0 Å². The van der Waals surface area contributed by atoms with Crippen molar-refractivity contribution in [2.45, 2.75) is 6.92 Å². The molecule has 0 fully saturated rings. The number of aryl methyl sites for hydroxylation is 1. The molecule has 0 atom stereocenters. The minimum Gasteiger partial charge on any atom is -0.282 e. The van der Waals surface area contributed by atoms with Crippen molar-refractivity contribution in [1.82, 2.24) is 0 Å². The van der Waals surface area contributed by atoms with Crippen LogP contribution >= 0.6 is 0 Å². The second-order valence-corrected chi connectivity index (χ2v) is 5.05. The quantitative estimate of drug-likeness (QED) is 0.632. The lowest BCUT2D eigenvalue weighted by Crippen LogP contribution is -2.65. The van der Waals surface area contributed by atoms with Crippen LogP contribution < -0.4 is 15.4 Å². The Balaban J connectivity index is 2.11. The van der Waals surface area contributed by atoms with Crippen LogP contribution in [0.5, 0.6) is 0 Å². The molecule has 0 aliphatic carbocycles. The molecule has 1 heterocycles. The van der Waals surface area contributed by atoms with Crippen LogP contribution in [0.1, 0.15) is 5.56 Å². The standard InChI is InChI=1S/C18H17BN/c1-16-12-14-20(15-13-16)19(17-8-4-2-5-9-17)18-10-6-3-7-11-18/h2-15H,1H3/q+1. The number of aromatic nitrogens is 1. The Morgan fingerprint density at radius 3 is 1.55 bits per heavy atom. The summed E-state index contributed by atoms with van der Waals surface area (Å²) >= 11 is 0. The van der Waals surface area contributed by atoms with Gasteiger partial charge in [0.1, 0.15) is 12.4 Å². The fraction of sp³-hybridized carbons (Fsp3) is 0.0556. The van der Waals surface area contributed by atoms with Crippen LogP contribution in [-0.2, 0) is 0 Å². The van der Waals surface area contributed by atoms with Gasteiger partial charge in [0.25, 0.3) is 0 Å². The normalized spacial score (nSPS) is 10.2. The Kier molecular flexibility index (Phi) is 3.64. The first-order valence-electron chi connectivity index (χ1n) is 6.92. The van der Waals surface area contributed by atoms with Crippen LogP contribution in [0.3, 0.4) is 0 Å². The minimum atomic E-state index is 0.220. The Hall–Kier alpha value is -2.35. The maximum absolute atomic E-state index is 2.26. The van der Waals surface area contributed by atoms with Crippen molar-refractivity contribution in [3.8, 4) is 0 Å². The smallest absolute Gasteiger partial charge is 0.282 e. The molecule has 0 saturated heterocycles. The average molecular weight is 258 g/mol. The Labute approximate surface area is 120 Å². The summed E-state index contributed by atoms with van der Waals surface area (Å²) in [6, 6.07) is 25.6. The number of benzene rings is 2. The summed E-state index contributed by atoms with van der Waals surface area (Å²) in [5, 5.41) is 0. The van der Waals surface area contributed by atoms with Gasteiger partial charge >= 0.3 is 6.85 Å². The van der Waals surface area contributed by atoms with Crippen LogP contribution in [0.4, 0.5) is 0 Å². The Bertz CT molecular complexity index is 623. The third-order valence-electron chi connectivity index (χ3n) is 3.55. The van der Waals surface area contributed by atoms with Gasteiger partial charge < -0.3 is 0 Å². The number of rotatable bonds is 3. The second kappa shape index (κ2) is 5.75. The highest BCUT2D eigenvalue weighted by atomic mass is 14.8. The molecule has 3 aromatic rings. The molecule has 0 bridgehead atoms. The van der Waals surface area contributed by atoms with E-state index in [9.17, 15) is 0 Å². The topological polar surface area (TPSA) is 3.88 Å². The molecule has 20 heavy (non-hydrogen) atoms. The first kappa shape index (κ1) is 12.7. The Morgan fingerprint density at radius 2 is 1.10 bits per heavy atom. The predicted molar refractivity (Wildman–Crippen MR) is 84.7 cm³/mol. The summed E-state index contributed by atoms with van der Waals surface area (Å²) in [7, 11) is 0. The van der Waals surface area contributed by atoms with Crippen LogP contribution in [-0.4, -0.2) is 6.85 Å². The van der Waals surface area contributed by atoms with Crippen molar-refractivity contribution in [2.24, 2.45) is 0 Å². The molecule has 0 aliphatic heterocycles. The number of hydrogen-bond donors (Lipinski definition) is 0. The molecule has 0 amide bonds. The molecule has 1 nitrogen and oxygen atoms in total. The lowest BCUT2D eigenvalue weighted by atomic mass is 9.50. The maximum Gasteiger partial charge on any atom is 0.558 e. The summed E-state index contributed by atoms with van der Waals surface area (Å²) in [6.07, 6.45) is 4.31. The molecule has 0 radical (unpaired) electrons. The van der Waals surface area contributed by atoms with E-state index in [4.69, 9.17) is 0 Å². The van der Waals surface area contributed by atoms with Gasteiger partial charge in [0, 0.05) is 23.1 Å². The largest absolute Gasteiger partial charge is 0.558 e. The third kappa shape index (κ3) is 2.64. The first-order chi connectivity index (χ1) is 9.84. The SMILES string of the molecule is Cc1cc[n+](B(c2ccccc2)c2ccccc2)cc1. The first-order valence-corrected chi connectivity index (χ1v) is 6.92. The van der Waals surface area contributed by atoms with Gasteiger partial charge in [-0.1, -0.05) is 60.7 Å². The molecule has 3 rings (SSSR count). The summed E-state index contributed by atoms with van der Waals surface area (Å²) < 4.78 is 2.26. The van der Waals surface area contributed by atoms with E-state index in [1.54, 1.807) is 0 Å². The van der Waals surface area contributed by atoms with E-state index in [2.05, 4.69) is 96.6 Å². The van der Waals surface area contributed by atoms with E-state index >= 15 is 0 Å². The van der Waals surface area contributed by atoms with Crippen molar-refractivity contribution in [1.29, 1.82) is 0 Å². The van der Waals surface area contributed by atoms with Crippen LogP contribution in [0.15, 0.2) is 85.2 Å². The summed E-state index contributed by atoms with van der Waals surface area (Å²) in [6.45, 7) is 2.34. The van der Waals surface area contributed by atoms with E-state index in [1.165, 1.54) is 16.5 Å². The van der Waals surface area contributed by atoms with E-state index in [0.29, 0.717) is 0 Å². The zero-order valence-corrected chi connectivity index (χ0v) is 11.6. The van der Waals surface area contributed by atoms with Gasteiger partial charge in [0.15, 0.2) is 0 Å². The molecule has 0 N–H and O–H groups in total. The van der Waals surface area contributed by atoms with Crippen molar-refractivity contribution in [3.05, 3.63) is 90.8 Å². The van der Waals surface area contributed by atoms with E-state index in [0.717, 1.165) is 0 Å². The Morgan fingerprint density at radius 1 is 0.650 bits per heavy atom. The molecule has 96 valence electrons. The lowest BCUT2D eigenvalue weighted by Gasteiger charge is -2.08. The fourth-order valence-corrected chi connectivity index (χ4v) is 2.49. The number of pyridine rings is 1. The zero-order valence-electron chi connectivity index (χ0n) is 11.6. The second-order valence-electron chi connectivity index (χ2n) is 5.05. The molecule has 0 saturated carbocycles. The summed E-state index contributed by atoms with van der Waals surface area (Å²) in [5.74, 6) is 0. The van der Waals surface area contributed by atoms with Gasteiger partial charge in [-0.2, -0.15) is 0 Å². The molecule has 2 aromatic carbocycles. The van der Waals surface area contributed by atoms with Gasteiger partial charge in [-0.15, -0.1) is 0 Å². The average Bonchev–Trinajstić information content (AvgIpc) is 2.52. The monoisotopic (exact) mass is 258 g/mol. The van der Waals surface area contributed by atoms with E-state index in [1.807, 2.05) is 0 Å². The third-order valence-corrected chi connectivity index (χ3v) is 3.55. The number of nitrogens with zero attached hydrogens (tertiary/aromatic N) is 1. The zero-order chi connectivity index (χ0) is 13.8. The van der Waals surface area contributed by atoms with Crippen molar-refractivity contribution < 1.29 is 4.48 Å². The minimum absolute atomic E-state index is 0.220. The highest BCUT2D eigenvalue weighted by Crippen LogP contribution is 1.94. The van der Waals surface area contributed by atoms with Crippen LogP contribution in [0.2, 0.25) is 0 Å². The number of hydrogen-bond acceptors (Lipinski definition) is 0. The van der Waals surface area contributed by atoms with Gasteiger partial charge in [-0.05, 0) is 12.5 Å². The van der Waals surface area contributed by atoms with E-state index in [-0.39, 0.29) is 6.85 Å². The molecule has 0 aliphatic rings. The summed E-state index contributed by atoms with van der Waals surface area (Å²) in [4.78, 5) is 0. The predicted octanol–water partition coefficient (Wildman–Crippen LogP) is 1.94. The van der Waals surface area contributed by atoms with Gasteiger partial charge in [-0.3, -0.25) is 4.48 Å². The molecule has 2 heteroatoms. The van der Waals surface area contributed by atoms with Crippen LogP contribution in [0, 0.1) is 6.92 Å². The lowest BCUT2D eigenvalue weighted by molar-refractivity contribution is -0.533. The van der Waals surface area contributed by atoms with Crippen molar-refractivity contribution in [2.75, 3.05) is 0 Å². The fourth-order valence-electron chi connectivity index (χ4n) is 2.49. The van der Waals surface area contributed by atoms with E-state index < -0.39 is 0 Å². The van der Waals surface area contributed by atoms with Crippen molar-refractivity contribution >= 4 is 17.8 Å².